The van der Waals surface area contributed by atoms with Crippen LogP contribution in [0.25, 0.3) is 16.2 Å². The van der Waals surface area contributed by atoms with E-state index in [1.807, 2.05) is 25.7 Å². The summed E-state index contributed by atoms with van der Waals surface area (Å²) in [7, 11) is 1.61. The number of methoxy groups -OCH3 is 1. The van der Waals surface area contributed by atoms with E-state index in [9.17, 15) is 19.5 Å². The second-order valence-corrected chi connectivity index (χ2v) is 10.0. The number of carbonyl (C=O) groups is 2. The van der Waals surface area contributed by atoms with Crippen molar-refractivity contribution in [3.63, 3.8) is 0 Å². The molecule has 2 N–H and O–H groups in total. The van der Waals surface area contributed by atoms with Gasteiger partial charge < -0.3 is 19.5 Å². The van der Waals surface area contributed by atoms with Crippen molar-refractivity contribution < 1.29 is 24.2 Å². The van der Waals surface area contributed by atoms with E-state index in [1.54, 1.807) is 30.8 Å². The van der Waals surface area contributed by atoms with Crippen LogP contribution in [0.15, 0.2) is 34.7 Å². The molecule has 1 saturated heterocycles. The molecule has 3 aromatic rings. The number of pyridine rings is 2. The lowest BCUT2D eigenvalue weighted by molar-refractivity contribution is -0.153. The number of rotatable bonds is 7. The van der Waals surface area contributed by atoms with Crippen LogP contribution in [0.3, 0.4) is 0 Å². The van der Waals surface area contributed by atoms with Crippen molar-refractivity contribution in [2.75, 3.05) is 31.6 Å². The van der Waals surface area contributed by atoms with Gasteiger partial charge in [-0.1, -0.05) is 0 Å². The summed E-state index contributed by atoms with van der Waals surface area (Å²) >= 11 is 1.30. The van der Waals surface area contributed by atoms with Gasteiger partial charge in [-0.3, -0.25) is 19.5 Å². The Balaban J connectivity index is 1.63. The predicted octanol–water partition coefficient (Wildman–Crippen LogP) is 1.68. The van der Waals surface area contributed by atoms with Crippen molar-refractivity contribution in [2.24, 2.45) is 0 Å². The molecule has 11 nitrogen and oxygen atoms in total. The highest BCUT2D eigenvalue weighted by Gasteiger charge is 2.34. The second kappa shape index (κ2) is 9.72. The third kappa shape index (κ3) is 5.34. The molecule has 186 valence electrons. The van der Waals surface area contributed by atoms with E-state index in [0.717, 1.165) is 0 Å². The summed E-state index contributed by atoms with van der Waals surface area (Å²) in [6.07, 6.45) is 2.65. The summed E-state index contributed by atoms with van der Waals surface area (Å²) in [6.45, 7) is 6.51. The molecule has 0 spiro atoms. The minimum absolute atomic E-state index is 0.0440. The highest BCUT2D eigenvalue weighted by molar-refractivity contribution is 7.12. The Labute approximate surface area is 205 Å². The van der Waals surface area contributed by atoms with E-state index in [2.05, 4.69) is 10.3 Å². The number of hydrogen-bond donors (Lipinski definition) is 2. The van der Waals surface area contributed by atoms with Crippen LogP contribution in [-0.2, 0) is 14.3 Å². The second-order valence-electron chi connectivity index (χ2n) is 9.16. The third-order valence-electron chi connectivity index (χ3n) is 5.51. The lowest BCUT2D eigenvalue weighted by Crippen LogP contribution is -2.44. The van der Waals surface area contributed by atoms with Crippen molar-refractivity contribution in [1.82, 2.24) is 19.9 Å². The van der Waals surface area contributed by atoms with E-state index in [-0.39, 0.29) is 35.6 Å². The van der Waals surface area contributed by atoms with Gasteiger partial charge in [-0.25, -0.2) is 14.8 Å². The fraction of sp³-hybridized carbons (Fsp3) is 0.435. The molecular formula is C23H27N5O6S. The first-order valence-corrected chi connectivity index (χ1v) is 11.9. The van der Waals surface area contributed by atoms with Crippen LogP contribution in [0.4, 0.5) is 5.82 Å². The minimum Gasteiger partial charge on any atom is -0.477 e. The van der Waals surface area contributed by atoms with Crippen molar-refractivity contribution in [3.05, 3.63) is 45.7 Å². The predicted molar refractivity (Wildman–Crippen MR) is 131 cm³/mol. The first-order chi connectivity index (χ1) is 16.6. The SMILES string of the molecule is CO[C@H]1CN(c2ccc3c(=O)c(C(=O)O)cn(-c4nccs4)c3n2)C[C@@H]1NCC(=O)OC(C)(C)C. The van der Waals surface area contributed by atoms with Gasteiger partial charge in [0.05, 0.1) is 24.1 Å². The van der Waals surface area contributed by atoms with Gasteiger partial charge in [0.15, 0.2) is 10.8 Å². The van der Waals surface area contributed by atoms with Gasteiger partial charge in [-0.15, -0.1) is 11.3 Å². The molecule has 0 radical (unpaired) electrons. The van der Waals surface area contributed by atoms with Gasteiger partial charge in [0, 0.05) is 38.0 Å². The van der Waals surface area contributed by atoms with Crippen LogP contribution in [0.2, 0.25) is 0 Å². The van der Waals surface area contributed by atoms with Gasteiger partial charge in [0.1, 0.15) is 17.0 Å². The molecule has 0 aromatic carbocycles. The summed E-state index contributed by atoms with van der Waals surface area (Å²) < 4.78 is 12.5. The van der Waals surface area contributed by atoms with Gasteiger partial charge in [-0.05, 0) is 32.9 Å². The Kier molecular flexibility index (Phi) is 6.88. The van der Waals surface area contributed by atoms with Gasteiger partial charge in [0.25, 0.3) is 0 Å². The number of esters is 1. The zero-order chi connectivity index (χ0) is 25.3. The first-order valence-electron chi connectivity index (χ1n) is 11.0. The molecule has 1 aliphatic heterocycles. The summed E-state index contributed by atoms with van der Waals surface area (Å²) in [5.74, 6) is -1.07. The average Bonchev–Trinajstić information content (AvgIpc) is 3.46. The molecule has 3 aromatic heterocycles. The molecule has 35 heavy (non-hydrogen) atoms. The van der Waals surface area contributed by atoms with E-state index in [1.165, 1.54) is 22.1 Å². The van der Waals surface area contributed by atoms with E-state index >= 15 is 0 Å². The van der Waals surface area contributed by atoms with Crippen LogP contribution in [0.1, 0.15) is 31.1 Å². The summed E-state index contributed by atoms with van der Waals surface area (Å²) in [5.41, 5.74) is -1.21. The van der Waals surface area contributed by atoms with Crippen molar-refractivity contribution >= 4 is 40.1 Å². The molecule has 4 rings (SSSR count). The zero-order valence-corrected chi connectivity index (χ0v) is 20.7. The number of nitrogens with one attached hydrogen (secondary N) is 1. The topological polar surface area (TPSA) is 136 Å². The lowest BCUT2D eigenvalue weighted by Gasteiger charge is -2.22. The Hall–Kier alpha value is -3.35. The number of anilines is 1. The molecular weight excluding hydrogens is 474 g/mol. The van der Waals surface area contributed by atoms with Crippen molar-refractivity contribution in [3.8, 4) is 5.13 Å². The number of fused-ring (bicyclic) bond motifs is 1. The molecule has 0 bridgehead atoms. The summed E-state index contributed by atoms with van der Waals surface area (Å²) in [5, 5.41) is 15.1. The van der Waals surface area contributed by atoms with Crippen LogP contribution >= 0.6 is 11.3 Å². The highest BCUT2D eigenvalue weighted by atomic mass is 32.1. The third-order valence-corrected chi connectivity index (χ3v) is 6.28. The lowest BCUT2D eigenvalue weighted by atomic mass is 10.2. The molecule has 2 atom stereocenters. The van der Waals surface area contributed by atoms with Crippen LogP contribution in [0.5, 0.6) is 0 Å². The Morgan fingerprint density at radius 2 is 2.06 bits per heavy atom. The maximum absolute atomic E-state index is 12.8. The Morgan fingerprint density at radius 3 is 2.69 bits per heavy atom. The van der Waals surface area contributed by atoms with Crippen molar-refractivity contribution in [1.29, 1.82) is 0 Å². The summed E-state index contributed by atoms with van der Waals surface area (Å²) in [4.78, 5) is 47.5. The summed E-state index contributed by atoms with van der Waals surface area (Å²) in [6, 6.07) is 3.12. The van der Waals surface area contributed by atoms with E-state index in [4.69, 9.17) is 14.5 Å². The number of hydrogen-bond acceptors (Lipinski definition) is 10. The maximum atomic E-state index is 12.8. The van der Waals surface area contributed by atoms with Crippen LogP contribution < -0.4 is 15.6 Å². The molecule has 0 unspecified atom stereocenters. The number of carbonyl (C=O) groups excluding carboxylic acids is 1. The number of carboxylic acid groups (broad SMARTS) is 1. The molecule has 12 heteroatoms. The molecule has 1 fully saturated rings. The fourth-order valence-electron chi connectivity index (χ4n) is 3.99. The van der Waals surface area contributed by atoms with Crippen molar-refractivity contribution in [2.45, 2.75) is 38.5 Å². The monoisotopic (exact) mass is 501 g/mol. The molecule has 1 aliphatic rings. The zero-order valence-electron chi connectivity index (χ0n) is 19.8. The smallest absolute Gasteiger partial charge is 0.341 e. The number of nitrogens with zero attached hydrogens (tertiary/aromatic N) is 4. The molecule has 4 heterocycles. The number of carboxylic acids is 1. The van der Waals surface area contributed by atoms with E-state index in [0.29, 0.717) is 29.7 Å². The van der Waals surface area contributed by atoms with Gasteiger partial charge >= 0.3 is 11.9 Å². The number of aromatic carboxylic acids is 1. The standard InChI is InChI=1S/C23H27N5O6S/c1-23(2,3)34-18(29)9-25-15-11-27(12-16(15)33-4)17-6-5-13-19(30)14(21(31)32)10-28(20(13)26-17)22-24-7-8-35-22/h5-8,10,15-16,25H,9,11-12H2,1-4H3,(H,31,32)/t15-,16-/m0/s1. The van der Waals surface area contributed by atoms with Gasteiger partial charge in [0.2, 0.25) is 5.43 Å². The normalized spacial score (nSPS) is 18.2. The van der Waals surface area contributed by atoms with Gasteiger partial charge in [-0.2, -0.15) is 0 Å². The van der Waals surface area contributed by atoms with Crippen LogP contribution in [0, 0.1) is 0 Å². The Bertz CT molecular complexity index is 1300. The Morgan fingerprint density at radius 1 is 1.29 bits per heavy atom. The quantitative estimate of drug-likeness (QED) is 0.460. The largest absolute Gasteiger partial charge is 0.477 e. The molecule has 0 saturated carbocycles. The number of aromatic nitrogens is 3. The highest BCUT2D eigenvalue weighted by Crippen LogP contribution is 2.25. The fourth-order valence-corrected chi connectivity index (χ4v) is 4.61. The van der Waals surface area contributed by atoms with E-state index < -0.39 is 17.0 Å². The minimum atomic E-state index is -1.31. The number of ether oxygens (including phenoxy) is 2. The average molecular weight is 502 g/mol. The van der Waals surface area contributed by atoms with Crippen LogP contribution in [-0.4, -0.2) is 76.1 Å². The first kappa shape index (κ1) is 24.8. The molecule has 0 amide bonds. The molecule has 0 aliphatic carbocycles. The maximum Gasteiger partial charge on any atom is 0.341 e. The number of thiazole rings is 1.